The Morgan fingerprint density at radius 2 is 2.00 bits per heavy atom. The molecule has 3 rings (SSSR count). The van der Waals surface area contributed by atoms with Crippen LogP contribution in [0, 0.1) is 5.41 Å². The van der Waals surface area contributed by atoms with Crippen LogP contribution in [0.2, 0.25) is 0 Å². The van der Waals surface area contributed by atoms with E-state index in [1.165, 1.54) is 5.56 Å². The summed E-state index contributed by atoms with van der Waals surface area (Å²) in [5.74, 6) is 0. The summed E-state index contributed by atoms with van der Waals surface area (Å²) in [5, 5.41) is 3.49. The van der Waals surface area contributed by atoms with Crippen LogP contribution in [0.4, 0.5) is 4.79 Å². The van der Waals surface area contributed by atoms with E-state index in [0.29, 0.717) is 0 Å². The Balaban J connectivity index is 1.92. The van der Waals surface area contributed by atoms with E-state index in [4.69, 9.17) is 4.74 Å². The van der Waals surface area contributed by atoms with Crippen LogP contribution in [-0.2, 0) is 4.74 Å². The number of carbonyl (C=O) groups excluding carboxylic acids is 1. The molecule has 0 radical (unpaired) electrons. The van der Waals surface area contributed by atoms with Crippen LogP contribution in [0.5, 0.6) is 0 Å². The van der Waals surface area contributed by atoms with Crippen molar-refractivity contribution in [1.82, 2.24) is 10.2 Å². The maximum Gasteiger partial charge on any atom is 0.410 e. The third-order valence-electron chi connectivity index (χ3n) is 4.83. The summed E-state index contributed by atoms with van der Waals surface area (Å²) in [6, 6.07) is 8.43. The molecule has 1 N–H and O–H groups in total. The third-order valence-corrected chi connectivity index (χ3v) is 5.36. The van der Waals surface area contributed by atoms with Crippen LogP contribution in [0.1, 0.15) is 45.2 Å². The Morgan fingerprint density at radius 3 is 2.57 bits per heavy atom. The van der Waals surface area contributed by atoms with Crippen molar-refractivity contribution >= 4 is 22.0 Å². The van der Waals surface area contributed by atoms with Crippen LogP contribution in [0.15, 0.2) is 28.7 Å². The minimum absolute atomic E-state index is 0.0837. The Kier molecular flexibility index (Phi) is 4.45. The number of carbonyl (C=O) groups is 1. The number of halogens is 1. The molecule has 2 fully saturated rings. The van der Waals surface area contributed by atoms with Crippen molar-refractivity contribution in [1.29, 1.82) is 0 Å². The molecule has 2 atom stereocenters. The van der Waals surface area contributed by atoms with E-state index >= 15 is 0 Å². The second kappa shape index (κ2) is 6.10. The summed E-state index contributed by atoms with van der Waals surface area (Å²) >= 11 is 3.50. The molecule has 0 bridgehead atoms. The van der Waals surface area contributed by atoms with Gasteiger partial charge in [0, 0.05) is 23.0 Å². The number of hydrogen-bond acceptors (Lipinski definition) is 3. The Morgan fingerprint density at radius 1 is 1.30 bits per heavy atom. The van der Waals surface area contributed by atoms with Crippen molar-refractivity contribution in [2.24, 2.45) is 5.41 Å². The second-order valence-corrected chi connectivity index (χ2v) is 8.58. The maximum atomic E-state index is 12.7. The molecule has 4 nitrogen and oxygen atoms in total. The van der Waals surface area contributed by atoms with Crippen molar-refractivity contribution in [2.75, 3.05) is 19.6 Å². The molecule has 2 unspecified atom stereocenters. The lowest BCUT2D eigenvalue weighted by Crippen LogP contribution is -2.40. The normalized spacial score (nSPS) is 27.7. The number of nitrogens with zero attached hydrogens (tertiary/aromatic N) is 1. The highest BCUT2D eigenvalue weighted by Crippen LogP contribution is 2.51. The lowest BCUT2D eigenvalue weighted by molar-refractivity contribution is 0.0167. The zero-order valence-corrected chi connectivity index (χ0v) is 15.6. The fourth-order valence-electron chi connectivity index (χ4n) is 3.85. The van der Waals surface area contributed by atoms with Crippen molar-refractivity contribution in [3.63, 3.8) is 0 Å². The highest BCUT2D eigenvalue weighted by atomic mass is 79.9. The number of amides is 1. The molecule has 1 aromatic rings. The van der Waals surface area contributed by atoms with Crippen molar-refractivity contribution in [3.05, 3.63) is 34.3 Å². The van der Waals surface area contributed by atoms with Crippen LogP contribution < -0.4 is 5.32 Å². The van der Waals surface area contributed by atoms with E-state index in [1.807, 2.05) is 25.7 Å². The molecular weight excluding hydrogens is 356 g/mol. The van der Waals surface area contributed by atoms with Crippen LogP contribution in [0.3, 0.4) is 0 Å². The third kappa shape index (κ3) is 3.41. The summed E-state index contributed by atoms with van der Waals surface area (Å²) in [6.07, 6.45) is 1.93. The summed E-state index contributed by atoms with van der Waals surface area (Å²) in [6.45, 7) is 8.51. The molecule has 23 heavy (non-hydrogen) atoms. The van der Waals surface area contributed by atoms with Gasteiger partial charge in [-0.3, -0.25) is 0 Å². The monoisotopic (exact) mass is 380 g/mol. The fourth-order valence-corrected chi connectivity index (χ4v) is 4.11. The molecule has 0 aromatic heterocycles. The van der Waals surface area contributed by atoms with Gasteiger partial charge in [0.2, 0.25) is 0 Å². The quantitative estimate of drug-likeness (QED) is 0.796. The van der Waals surface area contributed by atoms with E-state index in [9.17, 15) is 4.79 Å². The van der Waals surface area contributed by atoms with Gasteiger partial charge in [-0.05, 0) is 57.9 Å². The van der Waals surface area contributed by atoms with Crippen molar-refractivity contribution in [3.8, 4) is 0 Å². The Hall–Kier alpha value is -1.07. The van der Waals surface area contributed by atoms with Crippen LogP contribution in [-0.4, -0.2) is 36.2 Å². The average molecular weight is 381 g/mol. The minimum atomic E-state index is -0.467. The lowest BCUT2D eigenvalue weighted by atomic mass is 9.76. The molecule has 1 amide bonds. The van der Waals surface area contributed by atoms with E-state index in [1.54, 1.807) is 0 Å². The topological polar surface area (TPSA) is 41.6 Å². The van der Waals surface area contributed by atoms with E-state index in [-0.39, 0.29) is 17.6 Å². The molecule has 2 heterocycles. The van der Waals surface area contributed by atoms with Gasteiger partial charge in [-0.1, -0.05) is 28.1 Å². The van der Waals surface area contributed by atoms with Crippen LogP contribution in [0.25, 0.3) is 0 Å². The summed E-state index contributed by atoms with van der Waals surface area (Å²) in [7, 11) is 0. The molecule has 2 saturated heterocycles. The molecule has 126 valence electrons. The minimum Gasteiger partial charge on any atom is -0.444 e. The van der Waals surface area contributed by atoms with Gasteiger partial charge in [-0.2, -0.15) is 0 Å². The van der Waals surface area contributed by atoms with Gasteiger partial charge in [-0.25, -0.2) is 4.79 Å². The van der Waals surface area contributed by atoms with Gasteiger partial charge < -0.3 is 15.0 Å². The fraction of sp³-hybridized carbons (Fsp3) is 0.611. The number of hydrogen-bond donors (Lipinski definition) is 1. The summed E-state index contributed by atoms with van der Waals surface area (Å²) in [5.41, 5.74) is 0.857. The van der Waals surface area contributed by atoms with Gasteiger partial charge in [0.15, 0.2) is 0 Å². The van der Waals surface area contributed by atoms with Gasteiger partial charge in [0.25, 0.3) is 0 Å². The number of ether oxygens (including phenoxy) is 1. The first-order valence-electron chi connectivity index (χ1n) is 8.27. The Labute approximate surface area is 146 Å². The largest absolute Gasteiger partial charge is 0.444 e. The summed E-state index contributed by atoms with van der Waals surface area (Å²) < 4.78 is 6.71. The zero-order chi connectivity index (χ0) is 16.7. The SMILES string of the molecule is CC(C)(C)OC(=O)N1CCC2(CCNC2)C1c1ccc(Br)cc1. The molecule has 0 aliphatic carbocycles. The number of likely N-dealkylation sites (tertiary alicyclic amines) is 1. The van der Waals surface area contributed by atoms with E-state index in [2.05, 4.69) is 45.5 Å². The standard InChI is InChI=1S/C18H25BrN2O2/c1-17(2,3)23-16(22)21-11-9-18(8-10-20-12-18)15(21)13-4-6-14(19)7-5-13/h4-7,15,20H,8-12H2,1-3H3. The van der Waals surface area contributed by atoms with Gasteiger partial charge in [0.05, 0.1) is 6.04 Å². The highest BCUT2D eigenvalue weighted by Gasteiger charge is 2.51. The molecule has 1 spiro atoms. The van der Waals surface area contributed by atoms with Crippen LogP contribution >= 0.6 is 15.9 Å². The highest BCUT2D eigenvalue weighted by molar-refractivity contribution is 9.10. The van der Waals surface area contributed by atoms with Gasteiger partial charge in [0.1, 0.15) is 5.60 Å². The first-order valence-corrected chi connectivity index (χ1v) is 9.06. The molecule has 2 aliphatic rings. The summed E-state index contributed by atoms with van der Waals surface area (Å²) in [4.78, 5) is 14.7. The average Bonchev–Trinajstić information content (AvgIpc) is 3.07. The van der Waals surface area contributed by atoms with E-state index in [0.717, 1.165) is 36.9 Å². The molecule has 1 aromatic carbocycles. The smallest absolute Gasteiger partial charge is 0.410 e. The number of rotatable bonds is 1. The number of nitrogens with one attached hydrogen (secondary N) is 1. The molecule has 5 heteroatoms. The predicted octanol–water partition coefficient (Wildman–Crippen LogP) is 4.11. The zero-order valence-electron chi connectivity index (χ0n) is 14.1. The first-order chi connectivity index (χ1) is 10.8. The Bertz CT molecular complexity index is 574. The predicted molar refractivity (Wildman–Crippen MR) is 94.4 cm³/mol. The molecular formula is C18H25BrN2O2. The van der Waals surface area contributed by atoms with Crippen molar-refractivity contribution < 1.29 is 9.53 Å². The second-order valence-electron chi connectivity index (χ2n) is 7.67. The van der Waals surface area contributed by atoms with E-state index < -0.39 is 5.60 Å². The molecule has 2 aliphatic heterocycles. The first kappa shape index (κ1) is 16.8. The maximum absolute atomic E-state index is 12.7. The van der Waals surface area contributed by atoms with Gasteiger partial charge in [-0.15, -0.1) is 0 Å². The number of benzene rings is 1. The lowest BCUT2D eigenvalue weighted by Gasteiger charge is -2.36. The van der Waals surface area contributed by atoms with Gasteiger partial charge >= 0.3 is 6.09 Å². The van der Waals surface area contributed by atoms with Crippen molar-refractivity contribution in [2.45, 2.75) is 45.3 Å². The molecule has 0 saturated carbocycles.